The summed E-state index contributed by atoms with van der Waals surface area (Å²) in [4.78, 5) is 2.55. The minimum absolute atomic E-state index is 0.0708. The van der Waals surface area contributed by atoms with Gasteiger partial charge in [-0.05, 0) is 49.1 Å². The summed E-state index contributed by atoms with van der Waals surface area (Å²) in [5.74, 6) is 0. The van der Waals surface area contributed by atoms with E-state index < -0.39 is 0 Å². The van der Waals surface area contributed by atoms with E-state index in [1.165, 1.54) is 24.9 Å². The number of likely N-dealkylation sites (N-methyl/N-ethyl adjacent to an activating group) is 1. The first-order valence-corrected chi connectivity index (χ1v) is 8.26. The van der Waals surface area contributed by atoms with Crippen molar-refractivity contribution in [2.24, 2.45) is 16.6 Å². The number of nitrogens with two attached hydrogens (primary N) is 1. The maximum Gasteiger partial charge on any atom is 0.0534 e. The maximum atomic E-state index is 6.35. The summed E-state index contributed by atoms with van der Waals surface area (Å²) in [7, 11) is 0. The fourth-order valence-corrected chi connectivity index (χ4v) is 5.11. The average molecular weight is 288 g/mol. The fourth-order valence-electron chi connectivity index (χ4n) is 5.11. The molecule has 1 fully saturated rings. The molecule has 0 amide bonds. The zero-order valence-electron chi connectivity index (χ0n) is 14.4. The molecule has 2 N–H and O–H groups in total. The molecule has 1 saturated carbocycles. The number of hydrogen-bond donors (Lipinski definition) is 1. The van der Waals surface area contributed by atoms with Crippen molar-refractivity contribution in [2.75, 3.05) is 18.0 Å². The Morgan fingerprint density at radius 1 is 0.952 bits per heavy atom. The van der Waals surface area contributed by atoms with E-state index in [0.29, 0.717) is 10.8 Å². The van der Waals surface area contributed by atoms with E-state index in [2.05, 4.69) is 69.9 Å². The van der Waals surface area contributed by atoms with Crippen molar-refractivity contribution in [1.82, 2.24) is 0 Å². The molecular weight excluding hydrogens is 256 g/mol. The lowest BCUT2D eigenvalue weighted by molar-refractivity contribution is 0.0480. The lowest BCUT2D eigenvalue weighted by atomic mass is 9.58. The topological polar surface area (TPSA) is 29.3 Å². The predicted molar refractivity (Wildman–Crippen MR) is 92.7 cm³/mol. The predicted octanol–water partition coefficient (Wildman–Crippen LogP) is 4.45. The van der Waals surface area contributed by atoms with Crippen LogP contribution in [0.5, 0.6) is 0 Å². The van der Waals surface area contributed by atoms with Gasteiger partial charge in [-0.2, -0.15) is 0 Å². The summed E-state index contributed by atoms with van der Waals surface area (Å²) in [5.41, 5.74) is 8.40. The van der Waals surface area contributed by atoms with Crippen LogP contribution in [-0.2, 0) is 0 Å². The van der Waals surface area contributed by atoms with Crippen molar-refractivity contribution in [3.8, 4) is 0 Å². The van der Waals surface area contributed by atoms with Gasteiger partial charge >= 0.3 is 0 Å². The summed E-state index contributed by atoms with van der Waals surface area (Å²) in [6, 6.07) is 10.8. The third-order valence-electron chi connectivity index (χ3n) is 4.91. The number of para-hydroxylation sites is 1. The monoisotopic (exact) mass is 288 g/mol. The van der Waals surface area contributed by atoms with Gasteiger partial charge in [-0.1, -0.05) is 45.9 Å². The van der Waals surface area contributed by atoms with Gasteiger partial charge in [0, 0.05) is 18.8 Å². The van der Waals surface area contributed by atoms with Crippen LogP contribution in [-0.4, -0.2) is 18.6 Å². The summed E-state index contributed by atoms with van der Waals surface area (Å²) in [6.45, 7) is 13.6. The Balaban J connectivity index is 2.43. The molecule has 0 heterocycles. The lowest BCUT2D eigenvalue weighted by Crippen LogP contribution is -2.61. The van der Waals surface area contributed by atoms with Crippen molar-refractivity contribution in [1.29, 1.82) is 0 Å². The second-order valence-electron chi connectivity index (χ2n) is 8.37. The van der Waals surface area contributed by atoms with Crippen molar-refractivity contribution < 1.29 is 0 Å². The van der Waals surface area contributed by atoms with Gasteiger partial charge in [0.1, 0.15) is 0 Å². The van der Waals surface area contributed by atoms with Crippen LogP contribution >= 0.6 is 0 Å². The number of benzene rings is 1. The molecule has 0 saturated heterocycles. The van der Waals surface area contributed by atoms with Crippen molar-refractivity contribution in [2.45, 2.75) is 59.4 Å². The maximum absolute atomic E-state index is 6.35. The van der Waals surface area contributed by atoms with Gasteiger partial charge < -0.3 is 10.6 Å². The van der Waals surface area contributed by atoms with E-state index in [1.807, 2.05) is 0 Å². The van der Waals surface area contributed by atoms with Crippen LogP contribution in [0.25, 0.3) is 0 Å². The van der Waals surface area contributed by atoms with Gasteiger partial charge in [0.15, 0.2) is 0 Å². The van der Waals surface area contributed by atoms with E-state index >= 15 is 0 Å². The van der Waals surface area contributed by atoms with Crippen LogP contribution in [0.4, 0.5) is 5.69 Å². The first-order chi connectivity index (χ1) is 9.74. The highest BCUT2D eigenvalue weighted by molar-refractivity contribution is 5.49. The molecular formula is C19H32N2. The quantitative estimate of drug-likeness (QED) is 0.887. The van der Waals surface area contributed by atoms with Gasteiger partial charge in [-0.3, -0.25) is 0 Å². The Hall–Kier alpha value is -1.02. The minimum Gasteiger partial charge on any atom is -0.365 e. The summed E-state index contributed by atoms with van der Waals surface area (Å²) >= 11 is 0. The Bertz CT molecular complexity index is 446. The molecule has 0 atom stereocenters. The molecule has 1 aliphatic carbocycles. The van der Waals surface area contributed by atoms with Crippen LogP contribution < -0.4 is 10.6 Å². The van der Waals surface area contributed by atoms with Crippen LogP contribution in [0.15, 0.2) is 30.3 Å². The number of nitrogens with zero attached hydrogens (tertiary/aromatic N) is 1. The first-order valence-electron chi connectivity index (χ1n) is 8.26. The van der Waals surface area contributed by atoms with Crippen LogP contribution in [0, 0.1) is 10.8 Å². The fraction of sp³-hybridized carbons (Fsp3) is 0.684. The Morgan fingerprint density at radius 2 is 1.48 bits per heavy atom. The van der Waals surface area contributed by atoms with Crippen molar-refractivity contribution in [3.05, 3.63) is 30.3 Å². The summed E-state index contributed by atoms with van der Waals surface area (Å²) < 4.78 is 0. The highest BCUT2D eigenvalue weighted by Gasteiger charge is 2.49. The Labute approximate surface area is 130 Å². The zero-order chi connectivity index (χ0) is 15.7. The highest BCUT2D eigenvalue weighted by atomic mass is 15.2. The highest BCUT2D eigenvalue weighted by Crippen LogP contribution is 2.52. The Kier molecular flexibility index (Phi) is 4.39. The zero-order valence-corrected chi connectivity index (χ0v) is 14.4. The largest absolute Gasteiger partial charge is 0.365 e. The average Bonchev–Trinajstić information content (AvgIpc) is 2.37. The van der Waals surface area contributed by atoms with Gasteiger partial charge in [-0.25, -0.2) is 0 Å². The van der Waals surface area contributed by atoms with Crippen LogP contribution in [0.1, 0.15) is 53.9 Å². The summed E-state index contributed by atoms with van der Waals surface area (Å²) in [6.07, 6.45) is 3.61. The standard InChI is InChI=1S/C19H32N2/c1-6-21(16-10-8-7-9-11-16)19(15-20)13-17(2,3)12-18(4,5)14-19/h7-11H,6,12-15,20H2,1-5H3. The molecule has 0 aromatic heterocycles. The lowest BCUT2D eigenvalue weighted by Gasteiger charge is -2.56. The number of rotatable bonds is 4. The van der Waals surface area contributed by atoms with E-state index in [0.717, 1.165) is 13.1 Å². The second-order valence-corrected chi connectivity index (χ2v) is 8.37. The molecule has 0 radical (unpaired) electrons. The molecule has 0 spiro atoms. The van der Waals surface area contributed by atoms with Gasteiger partial charge in [0.25, 0.3) is 0 Å². The Morgan fingerprint density at radius 3 is 1.90 bits per heavy atom. The third kappa shape index (κ3) is 3.42. The smallest absolute Gasteiger partial charge is 0.0534 e. The number of hydrogen-bond acceptors (Lipinski definition) is 2. The molecule has 2 nitrogen and oxygen atoms in total. The molecule has 0 unspecified atom stereocenters. The molecule has 2 rings (SSSR count). The van der Waals surface area contributed by atoms with Gasteiger partial charge in [0.2, 0.25) is 0 Å². The van der Waals surface area contributed by atoms with Crippen molar-refractivity contribution in [3.63, 3.8) is 0 Å². The second kappa shape index (κ2) is 5.64. The summed E-state index contributed by atoms with van der Waals surface area (Å²) in [5, 5.41) is 0. The minimum atomic E-state index is 0.0708. The third-order valence-corrected chi connectivity index (χ3v) is 4.91. The number of anilines is 1. The SMILES string of the molecule is CCN(c1ccccc1)C1(CN)CC(C)(C)CC(C)(C)C1. The molecule has 0 aliphatic heterocycles. The molecule has 1 aliphatic rings. The van der Waals surface area contributed by atoms with E-state index in [4.69, 9.17) is 5.73 Å². The first kappa shape index (κ1) is 16.4. The molecule has 118 valence electrons. The van der Waals surface area contributed by atoms with Gasteiger partial charge in [-0.15, -0.1) is 0 Å². The normalized spacial score (nSPS) is 22.8. The molecule has 2 heteroatoms. The van der Waals surface area contributed by atoms with Crippen molar-refractivity contribution >= 4 is 5.69 Å². The van der Waals surface area contributed by atoms with E-state index in [-0.39, 0.29) is 5.54 Å². The molecule has 1 aromatic carbocycles. The van der Waals surface area contributed by atoms with Crippen LogP contribution in [0.2, 0.25) is 0 Å². The van der Waals surface area contributed by atoms with Crippen LogP contribution in [0.3, 0.4) is 0 Å². The van der Waals surface area contributed by atoms with Gasteiger partial charge in [0.05, 0.1) is 5.54 Å². The molecule has 1 aromatic rings. The van der Waals surface area contributed by atoms with E-state index in [1.54, 1.807) is 0 Å². The van der Waals surface area contributed by atoms with E-state index in [9.17, 15) is 0 Å². The molecule has 21 heavy (non-hydrogen) atoms. The molecule has 0 bridgehead atoms.